The van der Waals surface area contributed by atoms with Gasteiger partial charge in [-0.2, -0.15) is 0 Å². The van der Waals surface area contributed by atoms with Crippen LogP contribution in [0.1, 0.15) is 18.1 Å². The van der Waals surface area contributed by atoms with Crippen LogP contribution >= 0.6 is 0 Å². The van der Waals surface area contributed by atoms with Gasteiger partial charge in [0.1, 0.15) is 5.82 Å². The van der Waals surface area contributed by atoms with Crippen LogP contribution in [-0.2, 0) is 17.6 Å². The molecule has 2 aromatic rings. The Hall–Kier alpha value is -2.36. The molecule has 0 saturated heterocycles. The number of rotatable bonds is 2. The minimum atomic E-state index is -0.290. The summed E-state index contributed by atoms with van der Waals surface area (Å²) in [6, 6.07) is 11.8. The largest absolute Gasteiger partial charge is 0.399 e. The van der Waals surface area contributed by atoms with Gasteiger partial charge in [-0.25, -0.2) is 4.39 Å². The van der Waals surface area contributed by atoms with Gasteiger partial charge in [0.25, 0.3) is 0 Å². The van der Waals surface area contributed by atoms with Crippen molar-refractivity contribution < 1.29 is 9.18 Å². The quantitative estimate of drug-likeness (QED) is 0.862. The topological polar surface area (TPSA) is 46.3 Å². The molecule has 1 heterocycles. The number of benzene rings is 2. The zero-order valence-electron chi connectivity index (χ0n) is 11.8. The van der Waals surface area contributed by atoms with Crippen LogP contribution < -0.4 is 10.6 Å². The molecule has 108 valence electrons. The summed E-state index contributed by atoms with van der Waals surface area (Å²) in [7, 11) is 0. The van der Waals surface area contributed by atoms with Crippen LogP contribution in [0.25, 0.3) is 0 Å². The average molecular weight is 284 g/mol. The van der Waals surface area contributed by atoms with Crippen LogP contribution in [0.4, 0.5) is 15.8 Å². The Morgan fingerprint density at radius 1 is 1.29 bits per heavy atom. The van der Waals surface area contributed by atoms with E-state index in [4.69, 9.17) is 5.73 Å². The molecule has 1 unspecified atom stereocenters. The monoisotopic (exact) mass is 284 g/mol. The van der Waals surface area contributed by atoms with Crippen LogP contribution in [0.3, 0.4) is 0 Å². The van der Waals surface area contributed by atoms with E-state index in [1.165, 1.54) is 12.1 Å². The number of hydrogen-bond donors (Lipinski definition) is 1. The molecule has 0 aliphatic carbocycles. The predicted octanol–water partition coefficient (Wildman–Crippen LogP) is 2.93. The van der Waals surface area contributed by atoms with Crippen molar-refractivity contribution in [3.05, 3.63) is 59.4 Å². The van der Waals surface area contributed by atoms with Crippen molar-refractivity contribution in [2.24, 2.45) is 0 Å². The van der Waals surface area contributed by atoms with Gasteiger partial charge in [-0.1, -0.05) is 12.1 Å². The van der Waals surface area contributed by atoms with Gasteiger partial charge in [0.05, 0.1) is 6.42 Å². The number of anilines is 2. The first-order chi connectivity index (χ1) is 10.0. The third-order valence-corrected chi connectivity index (χ3v) is 3.86. The summed E-state index contributed by atoms with van der Waals surface area (Å²) in [6.07, 6.45) is 1.09. The molecule has 1 aliphatic heterocycles. The van der Waals surface area contributed by atoms with Crippen molar-refractivity contribution in [1.29, 1.82) is 0 Å². The van der Waals surface area contributed by atoms with Crippen molar-refractivity contribution in [2.75, 3.05) is 10.6 Å². The van der Waals surface area contributed by atoms with E-state index in [0.29, 0.717) is 5.69 Å². The van der Waals surface area contributed by atoms with Gasteiger partial charge < -0.3 is 10.6 Å². The molecule has 0 saturated carbocycles. The summed E-state index contributed by atoms with van der Waals surface area (Å²) in [5, 5.41) is 0. The molecule has 0 bridgehead atoms. The molecule has 4 heteroatoms. The molecule has 0 aromatic heterocycles. The van der Waals surface area contributed by atoms with Crippen LogP contribution in [-0.4, -0.2) is 11.9 Å². The highest BCUT2D eigenvalue weighted by molar-refractivity contribution is 5.97. The van der Waals surface area contributed by atoms with Gasteiger partial charge in [0, 0.05) is 17.4 Å². The summed E-state index contributed by atoms with van der Waals surface area (Å²) >= 11 is 0. The number of nitrogen functional groups attached to an aromatic ring is 1. The third-order valence-electron chi connectivity index (χ3n) is 3.86. The van der Waals surface area contributed by atoms with E-state index in [1.54, 1.807) is 12.1 Å². The first kappa shape index (κ1) is 13.6. The summed E-state index contributed by atoms with van der Waals surface area (Å²) in [4.78, 5) is 14.4. The van der Waals surface area contributed by atoms with Crippen LogP contribution in [0.5, 0.6) is 0 Å². The number of hydrogen-bond acceptors (Lipinski definition) is 2. The first-order valence-corrected chi connectivity index (χ1v) is 6.99. The second-order valence-corrected chi connectivity index (χ2v) is 5.51. The highest BCUT2D eigenvalue weighted by Crippen LogP contribution is 2.33. The fourth-order valence-electron chi connectivity index (χ4n) is 2.89. The van der Waals surface area contributed by atoms with Crippen molar-refractivity contribution in [3.63, 3.8) is 0 Å². The Morgan fingerprint density at radius 3 is 2.71 bits per heavy atom. The molecule has 0 radical (unpaired) electrons. The molecule has 2 aromatic carbocycles. The van der Waals surface area contributed by atoms with Crippen LogP contribution in [0.2, 0.25) is 0 Å². The zero-order chi connectivity index (χ0) is 15.0. The molecule has 21 heavy (non-hydrogen) atoms. The van der Waals surface area contributed by atoms with Gasteiger partial charge in [0.2, 0.25) is 5.91 Å². The maximum Gasteiger partial charge on any atom is 0.231 e. The minimum absolute atomic E-state index is 0.0256. The number of nitrogens with zero attached hydrogens (tertiary/aromatic N) is 1. The van der Waals surface area contributed by atoms with E-state index in [9.17, 15) is 9.18 Å². The summed E-state index contributed by atoms with van der Waals surface area (Å²) in [5.41, 5.74) is 9.37. The maximum atomic E-state index is 12.9. The predicted molar refractivity (Wildman–Crippen MR) is 81.6 cm³/mol. The molecule has 1 aliphatic rings. The smallest absolute Gasteiger partial charge is 0.231 e. The highest BCUT2D eigenvalue weighted by atomic mass is 19.1. The lowest BCUT2D eigenvalue weighted by atomic mass is 10.1. The van der Waals surface area contributed by atoms with Crippen LogP contribution in [0, 0.1) is 5.82 Å². The molecule has 1 atom stereocenters. The molecule has 0 spiro atoms. The summed E-state index contributed by atoms with van der Waals surface area (Å²) in [5.74, 6) is -0.265. The highest BCUT2D eigenvalue weighted by Gasteiger charge is 2.30. The van der Waals surface area contributed by atoms with Crippen molar-refractivity contribution in [3.8, 4) is 0 Å². The third kappa shape index (κ3) is 2.61. The number of carbonyl (C=O) groups is 1. The molecular formula is C17H17FN2O. The SMILES string of the molecule is CC1Cc2cc(N)ccc2N1C(=O)Cc1ccc(F)cc1. The number of halogens is 1. The lowest BCUT2D eigenvalue weighted by Gasteiger charge is -2.23. The lowest BCUT2D eigenvalue weighted by molar-refractivity contribution is -0.118. The van der Waals surface area contributed by atoms with Crippen molar-refractivity contribution in [2.45, 2.75) is 25.8 Å². The lowest BCUT2D eigenvalue weighted by Crippen LogP contribution is -2.36. The van der Waals surface area contributed by atoms with Gasteiger partial charge in [-0.3, -0.25) is 4.79 Å². The summed E-state index contributed by atoms with van der Waals surface area (Å²) in [6.45, 7) is 2.03. The van der Waals surface area contributed by atoms with Gasteiger partial charge >= 0.3 is 0 Å². The van der Waals surface area contributed by atoms with Gasteiger partial charge in [-0.05, 0) is 54.8 Å². The van der Waals surface area contributed by atoms with E-state index in [0.717, 1.165) is 23.2 Å². The van der Waals surface area contributed by atoms with Gasteiger partial charge in [-0.15, -0.1) is 0 Å². The fraction of sp³-hybridized carbons (Fsp3) is 0.235. The second kappa shape index (κ2) is 5.20. The fourth-order valence-corrected chi connectivity index (χ4v) is 2.89. The Labute approximate surface area is 123 Å². The van der Waals surface area contributed by atoms with E-state index in [1.807, 2.05) is 30.0 Å². The van der Waals surface area contributed by atoms with Crippen molar-refractivity contribution >= 4 is 17.3 Å². The molecular weight excluding hydrogens is 267 g/mol. The second-order valence-electron chi connectivity index (χ2n) is 5.51. The van der Waals surface area contributed by atoms with Crippen molar-refractivity contribution in [1.82, 2.24) is 0 Å². The Balaban J connectivity index is 1.83. The Bertz CT molecular complexity index is 682. The van der Waals surface area contributed by atoms with Crippen LogP contribution in [0.15, 0.2) is 42.5 Å². The normalized spacial score (nSPS) is 16.9. The molecule has 2 N–H and O–H groups in total. The molecule has 1 amide bonds. The minimum Gasteiger partial charge on any atom is -0.399 e. The standard InChI is InChI=1S/C17H17FN2O/c1-11-8-13-10-15(19)6-7-16(13)20(11)17(21)9-12-2-4-14(18)5-3-12/h2-7,10-11H,8-9,19H2,1H3. The molecule has 3 rings (SSSR count). The van der Waals surface area contributed by atoms with E-state index >= 15 is 0 Å². The number of carbonyl (C=O) groups excluding carboxylic acids is 1. The average Bonchev–Trinajstić information content (AvgIpc) is 2.76. The number of amides is 1. The number of fused-ring (bicyclic) bond motifs is 1. The summed E-state index contributed by atoms with van der Waals surface area (Å²) < 4.78 is 12.9. The zero-order valence-corrected chi connectivity index (χ0v) is 11.8. The van der Waals surface area contributed by atoms with E-state index < -0.39 is 0 Å². The van der Waals surface area contributed by atoms with Gasteiger partial charge in [0.15, 0.2) is 0 Å². The van der Waals surface area contributed by atoms with E-state index in [-0.39, 0.29) is 24.2 Å². The number of nitrogens with two attached hydrogens (primary N) is 1. The molecule has 3 nitrogen and oxygen atoms in total. The Kier molecular flexibility index (Phi) is 3.37. The Morgan fingerprint density at radius 2 is 2.00 bits per heavy atom. The van der Waals surface area contributed by atoms with E-state index in [2.05, 4.69) is 0 Å². The maximum absolute atomic E-state index is 12.9. The first-order valence-electron chi connectivity index (χ1n) is 6.99. The molecule has 0 fully saturated rings.